The molecular weight excluding hydrogens is 254 g/mol. The second-order valence-electron chi connectivity index (χ2n) is 3.81. The maximum atomic E-state index is 5.82. The summed E-state index contributed by atoms with van der Waals surface area (Å²) in [4.78, 5) is 10.4. The van der Waals surface area contributed by atoms with Crippen LogP contribution in [-0.2, 0) is 0 Å². The number of likely N-dealkylation sites (N-methyl/N-ethyl adjacent to an activating group) is 1. The van der Waals surface area contributed by atoms with Crippen LogP contribution >= 0.6 is 11.6 Å². The fraction of sp³-hybridized carbons (Fsp3) is 0.545. The molecule has 0 bridgehead atoms. The lowest BCUT2D eigenvalue weighted by atomic mass is 10.4. The van der Waals surface area contributed by atoms with Crippen LogP contribution in [0.1, 0.15) is 13.8 Å². The molecule has 2 aromatic heterocycles. The van der Waals surface area contributed by atoms with Gasteiger partial charge in [0.2, 0.25) is 11.2 Å². The van der Waals surface area contributed by atoms with Crippen molar-refractivity contribution in [3.63, 3.8) is 0 Å². The fourth-order valence-electron chi connectivity index (χ4n) is 1.70. The third kappa shape index (κ3) is 2.88. The van der Waals surface area contributed by atoms with Gasteiger partial charge in [-0.3, -0.25) is 5.10 Å². The van der Waals surface area contributed by atoms with Gasteiger partial charge in [-0.25, -0.2) is 0 Å². The highest BCUT2D eigenvalue weighted by Crippen LogP contribution is 2.21. The SMILES string of the molecule is CCN(CC)CCOc1nc(Cl)nc2[nH]ncc12. The van der Waals surface area contributed by atoms with Crippen LogP contribution in [0, 0.1) is 0 Å². The Balaban J connectivity index is 2.05. The topological polar surface area (TPSA) is 66.9 Å². The lowest BCUT2D eigenvalue weighted by Crippen LogP contribution is -2.28. The van der Waals surface area contributed by atoms with E-state index >= 15 is 0 Å². The molecular formula is C11H16ClN5O. The second kappa shape index (κ2) is 5.97. The molecule has 0 radical (unpaired) electrons. The summed E-state index contributed by atoms with van der Waals surface area (Å²) in [5.41, 5.74) is 0.591. The van der Waals surface area contributed by atoms with Crippen LogP contribution in [0.5, 0.6) is 5.88 Å². The number of halogens is 1. The summed E-state index contributed by atoms with van der Waals surface area (Å²) in [6.45, 7) is 7.68. The van der Waals surface area contributed by atoms with E-state index in [-0.39, 0.29) is 5.28 Å². The standard InChI is InChI=1S/C11H16ClN5O/c1-3-17(4-2)5-6-18-10-8-7-13-16-9(8)14-11(12)15-10/h7H,3-6H2,1-2H3,(H,13,14,15,16). The first kappa shape index (κ1) is 13.0. The Kier molecular flexibility index (Phi) is 4.33. The number of H-pyrrole nitrogens is 1. The van der Waals surface area contributed by atoms with Gasteiger partial charge in [0, 0.05) is 6.54 Å². The van der Waals surface area contributed by atoms with Crippen molar-refractivity contribution in [3.8, 4) is 5.88 Å². The van der Waals surface area contributed by atoms with Crippen molar-refractivity contribution < 1.29 is 4.74 Å². The average Bonchev–Trinajstić information content (AvgIpc) is 2.82. The van der Waals surface area contributed by atoms with E-state index in [1.165, 1.54) is 0 Å². The van der Waals surface area contributed by atoms with Gasteiger partial charge >= 0.3 is 0 Å². The molecule has 2 aromatic rings. The number of hydrogen-bond donors (Lipinski definition) is 1. The third-order valence-electron chi connectivity index (χ3n) is 2.79. The molecule has 18 heavy (non-hydrogen) atoms. The Morgan fingerprint density at radius 1 is 1.33 bits per heavy atom. The fourth-order valence-corrected chi connectivity index (χ4v) is 1.86. The quantitative estimate of drug-likeness (QED) is 0.809. The first-order chi connectivity index (χ1) is 8.74. The normalized spacial score (nSPS) is 11.3. The monoisotopic (exact) mass is 269 g/mol. The predicted octanol–water partition coefficient (Wildman–Crippen LogP) is 1.73. The predicted molar refractivity (Wildman–Crippen MR) is 70.0 cm³/mol. The lowest BCUT2D eigenvalue weighted by Gasteiger charge is -2.17. The van der Waals surface area contributed by atoms with Crippen molar-refractivity contribution in [2.45, 2.75) is 13.8 Å². The van der Waals surface area contributed by atoms with Crippen molar-refractivity contribution >= 4 is 22.6 Å². The summed E-state index contributed by atoms with van der Waals surface area (Å²) in [5, 5.41) is 7.55. The van der Waals surface area contributed by atoms with E-state index in [4.69, 9.17) is 16.3 Å². The number of aromatic nitrogens is 4. The lowest BCUT2D eigenvalue weighted by molar-refractivity contribution is 0.219. The first-order valence-electron chi connectivity index (χ1n) is 5.96. The van der Waals surface area contributed by atoms with Crippen LogP contribution in [0.2, 0.25) is 5.28 Å². The molecule has 0 aliphatic heterocycles. The zero-order valence-electron chi connectivity index (χ0n) is 10.5. The Bertz CT molecular complexity index is 511. The number of nitrogens with one attached hydrogen (secondary N) is 1. The molecule has 0 saturated heterocycles. The van der Waals surface area contributed by atoms with E-state index in [9.17, 15) is 0 Å². The number of fused-ring (bicyclic) bond motifs is 1. The van der Waals surface area contributed by atoms with Crippen LogP contribution in [0.15, 0.2) is 6.20 Å². The number of ether oxygens (including phenoxy) is 1. The molecule has 2 rings (SSSR count). The molecule has 0 saturated carbocycles. The Labute approximate surface area is 110 Å². The molecule has 0 atom stereocenters. The van der Waals surface area contributed by atoms with Gasteiger partial charge in [0.1, 0.15) is 12.0 Å². The van der Waals surface area contributed by atoms with Gasteiger partial charge in [-0.2, -0.15) is 15.1 Å². The first-order valence-corrected chi connectivity index (χ1v) is 6.34. The zero-order chi connectivity index (χ0) is 13.0. The van der Waals surface area contributed by atoms with Crippen molar-refractivity contribution in [2.24, 2.45) is 0 Å². The third-order valence-corrected chi connectivity index (χ3v) is 2.96. The van der Waals surface area contributed by atoms with Gasteiger partial charge in [-0.05, 0) is 24.7 Å². The van der Waals surface area contributed by atoms with E-state index in [2.05, 4.69) is 38.9 Å². The minimum atomic E-state index is 0.157. The molecule has 0 unspecified atom stereocenters. The van der Waals surface area contributed by atoms with Crippen LogP contribution in [0.4, 0.5) is 0 Å². The van der Waals surface area contributed by atoms with Gasteiger partial charge in [0.25, 0.3) is 0 Å². The molecule has 0 amide bonds. The van der Waals surface area contributed by atoms with Crippen LogP contribution < -0.4 is 4.74 Å². The molecule has 6 nitrogen and oxygen atoms in total. The Morgan fingerprint density at radius 3 is 2.83 bits per heavy atom. The second-order valence-corrected chi connectivity index (χ2v) is 4.14. The Morgan fingerprint density at radius 2 is 2.11 bits per heavy atom. The zero-order valence-corrected chi connectivity index (χ0v) is 11.2. The molecule has 7 heteroatoms. The number of aromatic amines is 1. The van der Waals surface area contributed by atoms with E-state index < -0.39 is 0 Å². The van der Waals surface area contributed by atoms with E-state index in [1.807, 2.05) is 0 Å². The van der Waals surface area contributed by atoms with Gasteiger partial charge in [0.05, 0.1) is 6.20 Å². The van der Waals surface area contributed by atoms with Crippen LogP contribution in [0.25, 0.3) is 11.0 Å². The molecule has 98 valence electrons. The average molecular weight is 270 g/mol. The van der Waals surface area contributed by atoms with Crippen molar-refractivity contribution in [2.75, 3.05) is 26.2 Å². The van der Waals surface area contributed by atoms with Gasteiger partial charge < -0.3 is 9.64 Å². The molecule has 2 heterocycles. The smallest absolute Gasteiger partial charge is 0.229 e. The summed E-state index contributed by atoms with van der Waals surface area (Å²) in [6, 6.07) is 0. The highest BCUT2D eigenvalue weighted by atomic mass is 35.5. The number of rotatable bonds is 6. The number of hydrogen-bond acceptors (Lipinski definition) is 5. The summed E-state index contributed by atoms with van der Waals surface area (Å²) in [7, 11) is 0. The maximum Gasteiger partial charge on any atom is 0.229 e. The van der Waals surface area contributed by atoms with E-state index in [0.717, 1.165) is 25.0 Å². The van der Waals surface area contributed by atoms with Gasteiger partial charge in [-0.15, -0.1) is 0 Å². The maximum absolute atomic E-state index is 5.82. The minimum Gasteiger partial charge on any atom is -0.476 e. The molecule has 0 aromatic carbocycles. The van der Waals surface area contributed by atoms with Crippen LogP contribution in [0.3, 0.4) is 0 Å². The van der Waals surface area contributed by atoms with E-state index in [0.29, 0.717) is 18.1 Å². The summed E-state index contributed by atoms with van der Waals surface area (Å²) in [5.74, 6) is 0.478. The van der Waals surface area contributed by atoms with Crippen molar-refractivity contribution in [1.29, 1.82) is 0 Å². The minimum absolute atomic E-state index is 0.157. The largest absolute Gasteiger partial charge is 0.476 e. The highest BCUT2D eigenvalue weighted by Gasteiger charge is 2.10. The molecule has 1 N–H and O–H groups in total. The number of nitrogens with zero attached hydrogens (tertiary/aromatic N) is 4. The van der Waals surface area contributed by atoms with Gasteiger partial charge in [0.15, 0.2) is 5.65 Å². The van der Waals surface area contributed by atoms with Gasteiger partial charge in [-0.1, -0.05) is 13.8 Å². The molecule has 0 aliphatic rings. The molecule has 0 aliphatic carbocycles. The summed E-state index contributed by atoms with van der Waals surface area (Å²) in [6.07, 6.45) is 1.64. The molecule has 0 fully saturated rings. The highest BCUT2D eigenvalue weighted by molar-refractivity contribution is 6.28. The summed E-state index contributed by atoms with van der Waals surface area (Å²) < 4.78 is 5.66. The summed E-state index contributed by atoms with van der Waals surface area (Å²) >= 11 is 5.82. The van der Waals surface area contributed by atoms with Crippen molar-refractivity contribution in [1.82, 2.24) is 25.1 Å². The Hall–Kier alpha value is -1.40. The van der Waals surface area contributed by atoms with Crippen molar-refractivity contribution in [3.05, 3.63) is 11.5 Å². The van der Waals surface area contributed by atoms with E-state index in [1.54, 1.807) is 6.20 Å². The van der Waals surface area contributed by atoms with Crippen LogP contribution in [-0.4, -0.2) is 51.3 Å². The molecule has 0 spiro atoms.